The average molecular weight is 368 g/mol. The number of hydrogen-bond acceptors (Lipinski definition) is 1. The Morgan fingerprint density at radius 3 is 2.33 bits per heavy atom. The molecule has 112 valence electrons. The molecule has 0 aliphatic heterocycles. The highest BCUT2D eigenvalue weighted by molar-refractivity contribution is 9.10. The summed E-state index contributed by atoms with van der Waals surface area (Å²) in [5.41, 5.74) is 3.44. The van der Waals surface area contributed by atoms with Gasteiger partial charge >= 0.3 is 0 Å². The molecule has 2 aromatic carbocycles. The van der Waals surface area contributed by atoms with Crippen LogP contribution in [0.5, 0.6) is 11.5 Å². The minimum atomic E-state index is 0.0256. The third-order valence-corrected chi connectivity index (χ3v) is 4.11. The predicted molar refractivity (Wildman–Crippen MR) is 93.7 cm³/mol. The Balaban J connectivity index is 2.45. The summed E-state index contributed by atoms with van der Waals surface area (Å²) in [6, 6.07) is 12.2. The van der Waals surface area contributed by atoms with Crippen LogP contribution in [-0.2, 0) is 11.3 Å². The van der Waals surface area contributed by atoms with Crippen molar-refractivity contribution in [1.29, 1.82) is 0 Å². The van der Waals surface area contributed by atoms with Crippen molar-refractivity contribution < 1.29 is 4.74 Å². The van der Waals surface area contributed by atoms with Gasteiger partial charge in [0.15, 0.2) is 0 Å². The van der Waals surface area contributed by atoms with Gasteiger partial charge in [-0.05, 0) is 36.6 Å². The van der Waals surface area contributed by atoms with Gasteiger partial charge in [0.1, 0.15) is 11.5 Å². The molecule has 21 heavy (non-hydrogen) atoms. The van der Waals surface area contributed by atoms with E-state index >= 15 is 0 Å². The second-order valence-corrected chi connectivity index (χ2v) is 7.42. The number of alkyl halides is 1. The second kappa shape index (κ2) is 6.41. The molecule has 0 bridgehead atoms. The molecule has 0 heterocycles. The van der Waals surface area contributed by atoms with E-state index in [-0.39, 0.29) is 5.41 Å². The molecule has 0 N–H and O–H groups in total. The van der Waals surface area contributed by atoms with Crippen LogP contribution in [0.25, 0.3) is 0 Å². The van der Waals surface area contributed by atoms with E-state index in [4.69, 9.17) is 16.3 Å². The van der Waals surface area contributed by atoms with E-state index in [1.807, 2.05) is 24.3 Å². The van der Waals surface area contributed by atoms with Gasteiger partial charge in [0.25, 0.3) is 0 Å². The first-order valence-corrected chi connectivity index (χ1v) is 8.27. The lowest BCUT2D eigenvalue weighted by atomic mass is 9.85. The van der Waals surface area contributed by atoms with Gasteiger partial charge in [-0.3, -0.25) is 0 Å². The maximum atomic E-state index is 6.16. The predicted octanol–water partition coefficient (Wildman–Crippen LogP) is 6.59. The van der Waals surface area contributed by atoms with Gasteiger partial charge in [-0.25, -0.2) is 0 Å². The summed E-state index contributed by atoms with van der Waals surface area (Å²) in [5.74, 6) is 2.12. The maximum Gasteiger partial charge on any atom is 0.131 e. The molecule has 0 aliphatic rings. The number of halogens is 2. The van der Waals surface area contributed by atoms with E-state index in [9.17, 15) is 0 Å². The van der Waals surface area contributed by atoms with Gasteiger partial charge in [0.2, 0.25) is 0 Å². The fourth-order valence-electron chi connectivity index (χ4n) is 2.19. The van der Waals surface area contributed by atoms with Gasteiger partial charge in [0.05, 0.1) is 5.88 Å². The van der Waals surface area contributed by atoms with Gasteiger partial charge in [0, 0.05) is 15.6 Å². The average Bonchev–Trinajstić information content (AvgIpc) is 2.41. The number of benzene rings is 2. The Morgan fingerprint density at radius 1 is 1.05 bits per heavy atom. The molecule has 0 spiro atoms. The Labute approximate surface area is 140 Å². The smallest absolute Gasteiger partial charge is 0.131 e. The molecule has 0 saturated carbocycles. The van der Waals surface area contributed by atoms with Crippen LogP contribution in [0.3, 0.4) is 0 Å². The largest absolute Gasteiger partial charge is 0.457 e. The second-order valence-electron chi connectivity index (χ2n) is 6.24. The molecule has 0 radical (unpaired) electrons. The number of rotatable bonds is 3. The first-order valence-electron chi connectivity index (χ1n) is 6.94. The van der Waals surface area contributed by atoms with Gasteiger partial charge in [-0.1, -0.05) is 54.4 Å². The normalized spacial score (nSPS) is 11.5. The first kappa shape index (κ1) is 16.4. The minimum absolute atomic E-state index is 0.0256. The highest BCUT2D eigenvalue weighted by Crippen LogP contribution is 2.36. The van der Waals surface area contributed by atoms with Crippen molar-refractivity contribution in [2.75, 3.05) is 0 Å². The van der Waals surface area contributed by atoms with Crippen molar-refractivity contribution >= 4 is 27.5 Å². The molecule has 0 aromatic heterocycles. The SMILES string of the molecule is Cc1ccc(Oc2ccc(Br)cc2CCl)c(C(C)(C)C)c1. The molecule has 0 saturated heterocycles. The number of ether oxygens (including phenoxy) is 1. The lowest BCUT2D eigenvalue weighted by Crippen LogP contribution is -2.13. The zero-order valence-corrected chi connectivity index (χ0v) is 15.2. The van der Waals surface area contributed by atoms with Crippen molar-refractivity contribution in [1.82, 2.24) is 0 Å². The molecular formula is C18H20BrClO. The Bertz CT molecular complexity index is 644. The first-order chi connectivity index (χ1) is 9.81. The third kappa shape index (κ3) is 4.02. The van der Waals surface area contributed by atoms with E-state index in [1.165, 1.54) is 11.1 Å². The van der Waals surface area contributed by atoms with Crippen LogP contribution in [0.15, 0.2) is 40.9 Å². The van der Waals surface area contributed by atoms with Crippen LogP contribution in [0.2, 0.25) is 0 Å². The summed E-state index contributed by atoms with van der Waals surface area (Å²) in [6.45, 7) is 8.68. The molecule has 0 atom stereocenters. The summed E-state index contributed by atoms with van der Waals surface area (Å²) >= 11 is 9.49. The summed E-state index contributed by atoms with van der Waals surface area (Å²) in [4.78, 5) is 0. The molecule has 0 aliphatic carbocycles. The fourth-order valence-corrected chi connectivity index (χ4v) is 2.81. The monoisotopic (exact) mass is 366 g/mol. The summed E-state index contributed by atoms with van der Waals surface area (Å²) in [5, 5.41) is 0. The lowest BCUT2D eigenvalue weighted by Gasteiger charge is -2.24. The van der Waals surface area contributed by atoms with E-state index in [1.54, 1.807) is 0 Å². The van der Waals surface area contributed by atoms with E-state index in [0.717, 1.165) is 21.5 Å². The molecule has 0 amide bonds. The molecular weight excluding hydrogens is 348 g/mol. The van der Waals surface area contributed by atoms with Gasteiger partial charge in [-0.2, -0.15) is 0 Å². The zero-order chi connectivity index (χ0) is 15.6. The van der Waals surface area contributed by atoms with Crippen LogP contribution in [0, 0.1) is 6.92 Å². The topological polar surface area (TPSA) is 9.23 Å². The van der Waals surface area contributed by atoms with Crippen molar-refractivity contribution in [3.8, 4) is 11.5 Å². The van der Waals surface area contributed by atoms with E-state index < -0.39 is 0 Å². The van der Waals surface area contributed by atoms with Crippen molar-refractivity contribution in [3.63, 3.8) is 0 Å². The van der Waals surface area contributed by atoms with Crippen LogP contribution in [0.4, 0.5) is 0 Å². The van der Waals surface area contributed by atoms with Crippen LogP contribution in [0.1, 0.15) is 37.5 Å². The molecule has 3 heteroatoms. The van der Waals surface area contributed by atoms with Crippen LogP contribution in [-0.4, -0.2) is 0 Å². The highest BCUT2D eigenvalue weighted by Gasteiger charge is 2.20. The van der Waals surface area contributed by atoms with Gasteiger partial charge in [-0.15, -0.1) is 11.6 Å². The summed E-state index contributed by atoms with van der Waals surface area (Å²) in [7, 11) is 0. The van der Waals surface area contributed by atoms with Crippen molar-refractivity contribution in [2.24, 2.45) is 0 Å². The standard InChI is InChI=1S/C18H20BrClO/c1-12-5-7-17(15(9-12)18(2,3)4)21-16-8-6-14(19)10-13(16)11-20/h5-10H,11H2,1-4H3. The number of aryl methyl sites for hydroxylation is 1. The highest BCUT2D eigenvalue weighted by atomic mass is 79.9. The van der Waals surface area contributed by atoms with Crippen molar-refractivity contribution in [3.05, 3.63) is 57.6 Å². The molecule has 0 unspecified atom stereocenters. The Hall–Kier alpha value is -0.990. The molecule has 1 nitrogen and oxygen atoms in total. The van der Waals surface area contributed by atoms with Crippen molar-refractivity contribution in [2.45, 2.75) is 39.0 Å². The van der Waals surface area contributed by atoms with Crippen LogP contribution < -0.4 is 4.74 Å². The van der Waals surface area contributed by atoms with Crippen LogP contribution >= 0.6 is 27.5 Å². The Morgan fingerprint density at radius 2 is 1.71 bits per heavy atom. The fraction of sp³-hybridized carbons (Fsp3) is 0.333. The maximum absolute atomic E-state index is 6.16. The summed E-state index contributed by atoms with van der Waals surface area (Å²) in [6.07, 6.45) is 0. The number of hydrogen-bond donors (Lipinski definition) is 0. The third-order valence-electron chi connectivity index (χ3n) is 3.33. The quantitative estimate of drug-likeness (QED) is 0.556. The van der Waals surface area contributed by atoms with E-state index in [0.29, 0.717) is 5.88 Å². The molecule has 2 aromatic rings. The summed E-state index contributed by atoms with van der Waals surface area (Å²) < 4.78 is 7.17. The zero-order valence-electron chi connectivity index (χ0n) is 12.8. The lowest BCUT2D eigenvalue weighted by molar-refractivity contribution is 0.451. The minimum Gasteiger partial charge on any atom is -0.457 e. The molecule has 2 rings (SSSR count). The Kier molecular flexibility index (Phi) is 5.00. The van der Waals surface area contributed by atoms with E-state index in [2.05, 4.69) is 55.8 Å². The van der Waals surface area contributed by atoms with Gasteiger partial charge < -0.3 is 4.74 Å². The molecule has 0 fully saturated rings.